The molecule has 1 aromatic heterocycles. The summed E-state index contributed by atoms with van der Waals surface area (Å²) in [4.78, 5) is 26.0. The second-order valence-electron chi connectivity index (χ2n) is 6.21. The Morgan fingerprint density at radius 3 is 1.90 bits per heavy atom. The summed E-state index contributed by atoms with van der Waals surface area (Å²) >= 11 is 0. The van der Waals surface area contributed by atoms with E-state index < -0.39 is 17.8 Å². The van der Waals surface area contributed by atoms with Crippen LogP contribution in [-0.2, 0) is 11.0 Å². The van der Waals surface area contributed by atoms with Gasteiger partial charge in [0.15, 0.2) is 0 Å². The highest BCUT2D eigenvalue weighted by molar-refractivity contribution is 5.99. The number of aromatic amines is 1. The molecule has 150 valence electrons. The molecule has 0 unspecified atom stereocenters. The van der Waals surface area contributed by atoms with Crippen LogP contribution < -0.4 is 16.0 Å². The van der Waals surface area contributed by atoms with Crippen LogP contribution in [0.25, 0.3) is 11.1 Å². The van der Waals surface area contributed by atoms with Crippen LogP contribution in [0.3, 0.4) is 0 Å². The van der Waals surface area contributed by atoms with Crippen molar-refractivity contribution in [2.75, 3.05) is 16.0 Å². The third-order valence-corrected chi connectivity index (χ3v) is 3.94. The Kier molecular flexibility index (Phi) is 5.58. The van der Waals surface area contributed by atoms with Crippen LogP contribution in [0.2, 0.25) is 0 Å². The van der Waals surface area contributed by atoms with Crippen molar-refractivity contribution in [3.05, 3.63) is 66.4 Å². The molecule has 0 aliphatic carbocycles. The van der Waals surface area contributed by atoms with Gasteiger partial charge in [-0.25, -0.2) is 4.79 Å². The van der Waals surface area contributed by atoms with E-state index in [9.17, 15) is 22.8 Å². The maximum Gasteiger partial charge on any atom is 0.416 e. The molecule has 0 radical (unpaired) electrons. The molecule has 2 aromatic carbocycles. The van der Waals surface area contributed by atoms with Crippen LogP contribution in [0.15, 0.2) is 60.8 Å². The van der Waals surface area contributed by atoms with E-state index in [0.717, 1.165) is 23.3 Å². The molecule has 6 nitrogen and oxygen atoms in total. The predicted octanol–water partition coefficient (Wildman–Crippen LogP) is 5.30. The molecule has 1 heterocycles. The first-order chi connectivity index (χ1) is 13.7. The number of carbonyl (C=O) groups excluding carboxylic acids is 2. The van der Waals surface area contributed by atoms with Crippen LogP contribution in [0.5, 0.6) is 0 Å². The van der Waals surface area contributed by atoms with Crippen LogP contribution in [0, 0.1) is 0 Å². The molecule has 3 rings (SSSR count). The van der Waals surface area contributed by atoms with Gasteiger partial charge in [0, 0.05) is 30.1 Å². The summed E-state index contributed by atoms with van der Waals surface area (Å²) in [5.74, 6) is 0.391. The van der Waals surface area contributed by atoms with E-state index in [4.69, 9.17) is 0 Å². The van der Waals surface area contributed by atoms with Crippen molar-refractivity contribution in [2.45, 2.75) is 13.1 Å². The SMILES string of the molecule is CC(=O)Nc1cc(-c2ccc(NC(=O)Nc3ccc(C(F)(F)F)cc3)cc2)c[nH]1. The summed E-state index contributed by atoms with van der Waals surface area (Å²) < 4.78 is 37.7. The fourth-order valence-electron chi connectivity index (χ4n) is 2.60. The number of urea groups is 1. The lowest BCUT2D eigenvalue weighted by Crippen LogP contribution is -2.19. The molecule has 0 spiro atoms. The van der Waals surface area contributed by atoms with Gasteiger partial charge in [-0.2, -0.15) is 13.2 Å². The zero-order chi connectivity index (χ0) is 21.0. The van der Waals surface area contributed by atoms with Gasteiger partial charge in [0.05, 0.1) is 5.56 Å². The van der Waals surface area contributed by atoms with Crippen LogP contribution >= 0.6 is 0 Å². The molecule has 0 saturated heterocycles. The fraction of sp³-hybridized carbons (Fsp3) is 0.100. The largest absolute Gasteiger partial charge is 0.416 e. The lowest BCUT2D eigenvalue weighted by molar-refractivity contribution is -0.137. The normalized spacial score (nSPS) is 11.0. The minimum absolute atomic E-state index is 0.183. The topological polar surface area (TPSA) is 86.0 Å². The number of nitrogens with one attached hydrogen (secondary N) is 4. The van der Waals surface area contributed by atoms with Gasteiger partial charge in [-0.05, 0) is 48.0 Å². The van der Waals surface area contributed by atoms with E-state index in [2.05, 4.69) is 20.9 Å². The Morgan fingerprint density at radius 1 is 0.828 bits per heavy atom. The summed E-state index contributed by atoms with van der Waals surface area (Å²) in [5, 5.41) is 7.73. The van der Waals surface area contributed by atoms with Crippen LogP contribution in [-0.4, -0.2) is 16.9 Å². The molecule has 0 atom stereocenters. The van der Waals surface area contributed by atoms with Crippen molar-refractivity contribution < 1.29 is 22.8 Å². The molecule has 0 aliphatic heterocycles. The first kappa shape index (κ1) is 20.0. The number of amides is 3. The van der Waals surface area contributed by atoms with Gasteiger partial charge < -0.3 is 20.9 Å². The highest BCUT2D eigenvalue weighted by Gasteiger charge is 2.29. The van der Waals surface area contributed by atoms with Gasteiger partial charge >= 0.3 is 12.2 Å². The fourth-order valence-corrected chi connectivity index (χ4v) is 2.60. The summed E-state index contributed by atoms with van der Waals surface area (Å²) in [6.45, 7) is 1.41. The maximum atomic E-state index is 12.6. The first-order valence-corrected chi connectivity index (χ1v) is 8.52. The average molecular weight is 402 g/mol. The molecule has 0 bridgehead atoms. The first-order valence-electron chi connectivity index (χ1n) is 8.52. The van der Waals surface area contributed by atoms with Gasteiger partial charge in [0.2, 0.25) is 5.91 Å². The highest BCUT2D eigenvalue weighted by Crippen LogP contribution is 2.30. The molecule has 3 aromatic rings. The van der Waals surface area contributed by atoms with Gasteiger partial charge in [-0.15, -0.1) is 0 Å². The van der Waals surface area contributed by atoms with Gasteiger partial charge in [-0.1, -0.05) is 12.1 Å². The lowest BCUT2D eigenvalue weighted by atomic mass is 10.1. The molecule has 0 saturated carbocycles. The zero-order valence-corrected chi connectivity index (χ0v) is 15.2. The number of anilines is 3. The van der Waals surface area contributed by atoms with Gasteiger partial charge in [-0.3, -0.25) is 4.79 Å². The Balaban J connectivity index is 1.60. The summed E-state index contributed by atoms with van der Waals surface area (Å²) in [7, 11) is 0. The average Bonchev–Trinajstić information content (AvgIpc) is 3.09. The number of hydrogen-bond acceptors (Lipinski definition) is 2. The number of aromatic nitrogens is 1. The van der Waals surface area contributed by atoms with E-state index >= 15 is 0 Å². The van der Waals surface area contributed by atoms with E-state index in [1.807, 2.05) is 0 Å². The number of halogens is 3. The minimum Gasteiger partial charge on any atom is -0.348 e. The Morgan fingerprint density at radius 2 is 1.38 bits per heavy atom. The summed E-state index contributed by atoms with van der Waals surface area (Å²) in [6, 6.07) is 12.3. The zero-order valence-electron chi connectivity index (χ0n) is 15.2. The summed E-state index contributed by atoms with van der Waals surface area (Å²) in [6.07, 6.45) is -2.68. The third-order valence-electron chi connectivity index (χ3n) is 3.94. The molecule has 3 amide bonds. The van der Waals surface area contributed by atoms with E-state index in [1.165, 1.54) is 19.1 Å². The number of benzene rings is 2. The number of rotatable bonds is 4. The van der Waals surface area contributed by atoms with E-state index in [-0.39, 0.29) is 11.6 Å². The van der Waals surface area contributed by atoms with Crippen molar-refractivity contribution in [1.29, 1.82) is 0 Å². The smallest absolute Gasteiger partial charge is 0.348 e. The maximum absolute atomic E-state index is 12.6. The van der Waals surface area contributed by atoms with E-state index in [0.29, 0.717) is 11.5 Å². The minimum atomic E-state index is -4.43. The van der Waals surface area contributed by atoms with Crippen LogP contribution in [0.1, 0.15) is 12.5 Å². The standard InChI is InChI=1S/C20H17F3N4O2/c1-12(28)25-18-10-14(11-24-18)13-2-6-16(7-3-13)26-19(29)27-17-8-4-15(5-9-17)20(21,22)23/h2-11,24H,1H3,(H,25,28)(H2,26,27,29). The molecule has 0 fully saturated rings. The molecule has 29 heavy (non-hydrogen) atoms. The van der Waals surface area contributed by atoms with Crippen molar-refractivity contribution in [1.82, 2.24) is 4.98 Å². The number of alkyl halides is 3. The Hall–Kier alpha value is -3.75. The molecule has 0 aliphatic rings. The lowest BCUT2D eigenvalue weighted by Gasteiger charge is -2.10. The Bertz CT molecular complexity index is 1010. The monoisotopic (exact) mass is 402 g/mol. The van der Waals surface area contributed by atoms with Gasteiger partial charge in [0.25, 0.3) is 0 Å². The van der Waals surface area contributed by atoms with Crippen molar-refractivity contribution in [2.24, 2.45) is 0 Å². The second kappa shape index (κ2) is 8.09. The highest BCUT2D eigenvalue weighted by atomic mass is 19.4. The molecular formula is C20H17F3N4O2. The van der Waals surface area contributed by atoms with Gasteiger partial charge in [0.1, 0.15) is 5.82 Å². The number of carbonyl (C=O) groups is 2. The number of hydrogen-bond donors (Lipinski definition) is 4. The molecular weight excluding hydrogens is 385 g/mol. The van der Waals surface area contributed by atoms with Crippen LogP contribution in [0.4, 0.5) is 35.2 Å². The predicted molar refractivity (Wildman–Crippen MR) is 105 cm³/mol. The van der Waals surface area contributed by atoms with Crippen molar-refractivity contribution in [3.8, 4) is 11.1 Å². The third kappa shape index (κ3) is 5.38. The second-order valence-corrected chi connectivity index (χ2v) is 6.21. The Labute approximate surface area is 164 Å². The van der Waals surface area contributed by atoms with Crippen molar-refractivity contribution >= 4 is 29.1 Å². The quantitative estimate of drug-likeness (QED) is 0.477. The van der Waals surface area contributed by atoms with Crippen molar-refractivity contribution in [3.63, 3.8) is 0 Å². The summed E-state index contributed by atoms with van der Waals surface area (Å²) in [5.41, 5.74) is 1.69. The number of H-pyrrole nitrogens is 1. The molecule has 4 N–H and O–H groups in total. The van der Waals surface area contributed by atoms with E-state index in [1.54, 1.807) is 36.5 Å². The molecule has 9 heteroatoms.